The van der Waals surface area contributed by atoms with Gasteiger partial charge in [0, 0.05) is 11.3 Å². The van der Waals surface area contributed by atoms with E-state index >= 15 is 0 Å². The summed E-state index contributed by atoms with van der Waals surface area (Å²) in [5.74, 6) is -0.867. The molecule has 9 heteroatoms. The van der Waals surface area contributed by atoms with Crippen molar-refractivity contribution in [3.8, 4) is 11.3 Å². The zero-order chi connectivity index (χ0) is 21.3. The third kappa shape index (κ3) is 4.11. The molecule has 0 saturated carbocycles. The van der Waals surface area contributed by atoms with Crippen molar-refractivity contribution in [3.05, 3.63) is 71.9 Å². The lowest BCUT2D eigenvalue weighted by molar-refractivity contribution is 0.0997. The van der Waals surface area contributed by atoms with Crippen molar-refractivity contribution < 1.29 is 18.0 Å². The summed E-state index contributed by atoms with van der Waals surface area (Å²) in [5.41, 5.74) is 7.77. The largest absolute Gasteiger partial charge is 0.366 e. The predicted octanol–water partition coefficient (Wildman–Crippen LogP) is 2.26. The van der Waals surface area contributed by atoms with Crippen LogP contribution in [0.2, 0.25) is 0 Å². The maximum Gasteiger partial charge on any atom is 0.276 e. The van der Waals surface area contributed by atoms with E-state index in [1.165, 1.54) is 12.1 Å². The average Bonchev–Trinajstić information content (AvgIpc) is 3.32. The fourth-order valence-corrected chi connectivity index (χ4v) is 5.18. The molecule has 1 saturated heterocycles. The molecule has 30 heavy (non-hydrogen) atoms. The standard InChI is InChI=1S/C21H20N4O4S/c22-20(26)15-6-8-16(9-7-15)23-21(27)18-12-19(14-4-2-1-3-5-14)25(24-18)17-10-11-30(28,29)13-17/h1-9,12,17H,10-11,13H2,(H2,22,26)(H,23,27)/t17-/m1/s1. The zero-order valence-electron chi connectivity index (χ0n) is 16.0. The molecule has 2 aromatic carbocycles. The SMILES string of the molecule is NC(=O)c1ccc(NC(=O)c2cc(-c3ccccc3)n([C@@H]3CCS(=O)(=O)C3)n2)cc1. The molecule has 154 valence electrons. The second-order valence-corrected chi connectivity index (χ2v) is 9.41. The third-order valence-corrected chi connectivity index (χ3v) is 6.77. The molecule has 1 atom stereocenters. The van der Waals surface area contributed by atoms with Gasteiger partial charge in [-0.3, -0.25) is 14.3 Å². The first kappa shape index (κ1) is 19.8. The van der Waals surface area contributed by atoms with Gasteiger partial charge in [0.2, 0.25) is 5.91 Å². The van der Waals surface area contributed by atoms with E-state index in [1.807, 2.05) is 30.3 Å². The van der Waals surface area contributed by atoms with Gasteiger partial charge in [0.15, 0.2) is 15.5 Å². The van der Waals surface area contributed by atoms with Crippen molar-refractivity contribution in [1.29, 1.82) is 0 Å². The molecular weight excluding hydrogens is 404 g/mol. The first-order valence-corrected chi connectivity index (χ1v) is 11.2. The highest BCUT2D eigenvalue weighted by molar-refractivity contribution is 7.91. The molecule has 1 aliphatic heterocycles. The van der Waals surface area contributed by atoms with E-state index in [0.29, 0.717) is 23.4 Å². The fourth-order valence-electron chi connectivity index (χ4n) is 3.49. The minimum atomic E-state index is -3.11. The van der Waals surface area contributed by atoms with E-state index in [-0.39, 0.29) is 23.2 Å². The molecule has 0 radical (unpaired) electrons. The molecule has 0 spiro atoms. The van der Waals surface area contributed by atoms with Crippen molar-refractivity contribution in [2.24, 2.45) is 5.73 Å². The van der Waals surface area contributed by atoms with Gasteiger partial charge >= 0.3 is 0 Å². The van der Waals surface area contributed by atoms with E-state index in [2.05, 4.69) is 10.4 Å². The molecule has 1 aromatic heterocycles. The minimum absolute atomic E-state index is 0.00412. The Balaban J connectivity index is 1.65. The zero-order valence-corrected chi connectivity index (χ0v) is 16.8. The van der Waals surface area contributed by atoms with Crippen LogP contribution >= 0.6 is 0 Å². The molecule has 1 aliphatic rings. The molecule has 3 N–H and O–H groups in total. The first-order valence-electron chi connectivity index (χ1n) is 9.39. The van der Waals surface area contributed by atoms with E-state index < -0.39 is 21.7 Å². The molecule has 1 fully saturated rings. The van der Waals surface area contributed by atoms with Gasteiger partial charge in [-0.25, -0.2) is 8.42 Å². The van der Waals surface area contributed by atoms with Gasteiger partial charge in [-0.2, -0.15) is 5.10 Å². The van der Waals surface area contributed by atoms with Gasteiger partial charge in [-0.15, -0.1) is 0 Å². The molecule has 4 rings (SSSR count). The van der Waals surface area contributed by atoms with Crippen LogP contribution in [0.15, 0.2) is 60.7 Å². The van der Waals surface area contributed by atoms with Crippen LogP contribution in [0.3, 0.4) is 0 Å². The fraction of sp³-hybridized carbons (Fsp3) is 0.190. The molecule has 3 aromatic rings. The Bertz CT molecular complexity index is 1200. The van der Waals surface area contributed by atoms with E-state index in [9.17, 15) is 18.0 Å². The predicted molar refractivity (Wildman–Crippen MR) is 113 cm³/mol. The van der Waals surface area contributed by atoms with Crippen LogP contribution in [0.25, 0.3) is 11.3 Å². The average molecular weight is 424 g/mol. The summed E-state index contributed by atoms with van der Waals surface area (Å²) >= 11 is 0. The third-order valence-electron chi connectivity index (χ3n) is 5.02. The van der Waals surface area contributed by atoms with Crippen molar-refractivity contribution in [2.75, 3.05) is 16.8 Å². The van der Waals surface area contributed by atoms with E-state index in [4.69, 9.17) is 5.73 Å². The normalized spacial score (nSPS) is 17.5. The Labute approximate surface area is 173 Å². The molecular formula is C21H20N4O4S. The monoisotopic (exact) mass is 424 g/mol. The van der Waals surface area contributed by atoms with Crippen LogP contribution < -0.4 is 11.1 Å². The molecule has 8 nitrogen and oxygen atoms in total. The molecule has 2 amide bonds. The summed E-state index contributed by atoms with van der Waals surface area (Å²) in [5, 5.41) is 7.18. The van der Waals surface area contributed by atoms with Crippen LogP contribution in [-0.2, 0) is 9.84 Å². The lowest BCUT2D eigenvalue weighted by Gasteiger charge is -2.13. The van der Waals surface area contributed by atoms with E-state index in [0.717, 1.165) is 5.56 Å². The topological polar surface area (TPSA) is 124 Å². The molecule has 0 aliphatic carbocycles. The van der Waals surface area contributed by atoms with Crippen LogP contribution in [0.5, 0.6) is 0 Å². The Kier molecular flexibility index (Phi) is 5.13. The Morgan fingerprint density at radius 2 is 1.77 bits per heavy atom. The molecule has 0 unspecified atom stereocenters. The highest BCUT2D eigenvalue weighted by Gasteiger charge is 2.32. The van der Waals surface area contributed by atoms with Crippen molar-refractivity contribution in [1.82, 2.24) is 9.78 Å². The van der Waals surface area contributed by atoms with Gasteiger partial charge in [0.25, 0.3) is 5.91 Å². The molecule has 2 heterocycles. The van der Waals surface area contributed by atoms with E-state index in [1.54, 1.807) is 22.9 Å². The van der Waals surface area contributed by atoms with Gasteiger partial charge < -0.3 is 11.1 Å². The number of anilines is 1. The number of carbonyl (C=O) groups is 2. The summed E-state index contributed by atoms with van der Waals surface area (Å²) in [7, 11) is -3.11. The summed E-state index contributed by atoms with van der Waals surface area (Å²) < 4.78 is 25.6. The number of hydrogen-bond acceptors (Lipinski definition) is 5. The Hall–Kier alpha value is -3.46. The summed E-state index contributed by atoms with van der Waals surface area (Å²) in [6.07, 6.45) is 0.458. The van der Waals surface area contributed by atoms with Crippen LogP contribution in [0, 0.1) is 0 Å². The number of nitrogens with one attached hydrogen (secondary N) is 1. The number of primary amides is 1. The van der Waals surface area contributed by atoms with Crippen LogP contribution in [0.4, 0.5) is 5.69 Å². The number of nitrogens with two attached hydrogens (primary N) is 1. The lowest BCUT2D eigenvalue weighted by atomic mass is 10.1. The summed E-state index contributed by atoms with van der Waals surface area (Å²) in [6.45, 7) is 0. The van der Waals surface area contributed by atoms with Crippen molar-refractivity contribution >= 4 is 27.3 Å². The lowest BCUT2D eigenvalue weighted by Crippen LogP contribution is -2.17. The first-order chi connectivity index (χ1) is 14.3. The van der Waals surface area contributed by atoms with Gasteiger partial charge in [0.05, 0.1) is 23.2 Å². The quantitative estimate of drug-likeness (QED) is 0.650. The number of benzene rings is 2. The minimum Gasteiger partial charge on any atom is -0.366 e. The summed E-state index contributed by atoms with van der Waals surface area (Å²) in [4.78, 5) is 24.0. The number of sulfone groups is 1. The van der Waals surface area contributed by atoms with Gasteiger partial charge in [-0.1, -0.05) is 30.3 Å². The van der Waals surface area contributed by atoms with Crippen LogP contribution in [-0.4, -0.2) is 41.5 Å². The second kappa shape index (κ2) is 7.75. The van der Waals surface area contributed by atoms with Gasteiger partial charge in [-0.05, 0) is 42.3 Å². The maximum absolute atomic E-state index is 12.8. The number of aromatic nitrogens is 2. The number of carbonyl (C=O) groups excluding carboxylic acids is 2. The number of hydrogen-bond donors (Lipinski definition) is 2. The molecule has 0 bridgehead atoms. The Morgan fingerprint density at radius 1 is 1.07 bits per heavy atom. The Morgan fingerprint density at radius 3 is 2.37 bits per heavy atom. The number of nitrogens with zero attached hydrogens (tertiary/aromatic N) is 2. The van der Waals surface area contributed by atoms with Crippen molar-refractivity contribution in [2.45, 2.75) is 12.5 Å². The number of amides is 2. The number of rotatable bonds is 5. The smallest absolute Gasteiger partial charge is 0.276 e. The summed E-state index contributed by atoms with van der Waals surface area (Å²) in [6, 6.07) is 17.0. The van der Waals surface area contributed by atoms with Crippen LogP contribution in [0.1, 0.15) is 33.3 Å². The second-order valence-electron chi connectivity index (χ2n) is 7.18. The van der Waals surface area contributed by atoms with Gasteiger partial charge in [0.1, 0.15) is 0 Å². The van der Waals surface area contributed by atoms with Crippen molar-refractivity contribution in [3.63, 3.8) is 0 Å². The maximum atomic E-state index is 12.8. The highest BCUT2D eigenvalue weighted by atomic mass is 32.2. The highest BCUT2D eigenvalue weighted by Crippen LogP contribution is 2.30.